The van der Waals surface area contributed by atoms with Gasteiger partial charge >= 0.3 is 17.6 Å². The van der Waals surface area contributed by atoms with Gasteiger partial charge in [-0.3, -0.25) is 44.8 Å². The molecule has 394 valence electrons. The second-order valence-electron chi connectivity index (χ2n) is 23.8. The van der Waals surface area contributed by atoms with Crippen LogP contribution in [0.2, 0.25) is 0 Å². The van der Waals surface area contributed by atoms with Crippen LogP contribution >= 0.6 is 0 Å². The van der Waals surface area contributed by atoms with E-state index in [0.29, 0.717) is 74.5 Å². The van der Waals surface area contributed by atoms with Crippen molar-refractivity contribution in [2.75, 3.05) is 5.43 Å². The Hall–Kier alpha value is -4.64. The van der Waals surface area contributed by atoms with Gasteiger partial charge in [0.05, 0.1) is 28.1 Å². The van der Waals surface area contributed by atoms with E-state index in [9.17, 15) is 59.5 Å². The van der Waals surface area contributed by atoms with Crippen LogP contribution in [0.4, 0.5) is 17.1 Å². The number of carbonyl (C=O) groups excluding carboxylic acids is 3. The first kappa shape index (κ1) is 55.7. The topological polar surface area (TPSA) is 277 Å². The second kappa shape index (κ2) is 22.6. The van der Waals surface area contributed by atoms with Crippen LogP contribution in [-0.4, -0.2) is 78.5 Å². The average Bonchev–Trinajstić information content (AvgIpc) is 3.86. The van der Waals surface area contributed by atoms with Crippen LogP contribution in [0.15, 0.2) is 23.3 Å². The molecule has 0 amide bonds. The van der Waals surface area contributed by atoms with Crippen LogP contribution in [-0.2, 0) is 24.0 Å². The number of rotatable bonds is 18. The smallest absolute Gasteiger partial charge is 0.303 e. The molecule has 0 aromatic heterocycles. The van der Waals surface area contributed by atoms with Gasteiger partial charge in [-0.2, -0.15) is 5.10 Å². The number of aliphatic hydroxyl groups excluding tert-OH is 2. The minimum absolute atomic E-state index is 0.00883. The average molecular weight is 993 g/mol. The molecule has 0 radical (unpaired) electrons. The number of carboxylic acid groups (broad SMARTS) is 2. The van der Waals surface area contributed by atoms with Crippen LogP contribution in [0.5, 0.6) is 0 Å². The normalized spacial score (nSPS) is 37.7. The van der Waals surface area contributed by atoms with Gasteiger partial charge in [-0.25, -0.2) is 0 Å². The molecule has 71 heavy (non-hydrogen) atoms. The maximum atomic E-state index is 13.4. The van der Waals surface area contributed by atoms with Crippen molar-refractivity contribution in [1.82, 2.24) is 0 Å². The van der Waals surface area contributed by atoms with Crippen molar-refractivity contribution >= 4 is 53.1 Å². The van der Waals surface area contributed by atoms with Crippen LogP contribution in [0.3, 0.4) is 0 Å². The van der Waals surface area contributed by atoms with E-state index in [4.69, 9.17) is 5.11 Å². The summed E-state index contributed by atoms with van der Waals surface area (Å²) in [6.45, 7) is 13.1. The lowest BCUT2D eigenvalue weighted by atomic mass is 9.49. The predicted octanol–water partition coefficient (Wildman–Crippen LogP) is 10.2. The van der Waals surface area contributed by atoms with Gasteiger partial charge in [-0.15, -0.1) is 0 Å². The second-order valence-corrected chi connectivity index (χ2v) is 23.8. The highest BCUT2D eigenvalue weighted by atomic mass is 16.6. The molecule has 0 aliphatic heterocycles. The van der Waals surface area contributed by atoms with Crippen LogP contribution in [0, 0.1) is 101 Å². The fraction of sp³-hybridized carbons (Fsp3) is 0.778. The van der Waals surface area contributed by atoms with Gasteiger partial charge in [0.2, 0.25) is 0 Å². The molecule has 17 heteroatoms. The Bertz CT molecular complexity index is 2190. The van der Waals surface area contributed by atoms with Crippen molar-refractivity contribution in [3.63, 3.8) is 0 Å². The number of anilines is 1. The Morgan fingerprint density at radius 2 is 1.17 bits per heavy atom. The van der Waals surface area contributed by atoms with E-state index in [1.807, 2.05) is 6.92 Å². The van der Waals surface area contributed by atoms with Gasteiger partial charge < -0.3 is 25.2 Å². The molecule has 6 fully saturated rings. The third-order valence-electron chi connectivity index (χ3n) is 20.2. The number of aliphatic carboxylic acids is 2. The van der Waals surface area contributed by atoms with E-state index in [1.165, 1.54) is 12.1 Å². The lowest BCUT2D eigenvalue weighted by molar-refractivity contribution is -0.393. The van der Waals surface area contributed by atoms with Gasteiger partial charge in [0, 0.05) is 55.2 Å². The summed E-state index contributed by atoms with van der Waals surface area (Å²) >= 11 is 0. The minimum atomic E-state index is -0.786. The van der Waals surface area contributed by atoms with Crippen molar-refractivity contribution < 1.29 is 54.2 Å². The number of hydrogen-bond acceptors (Lipinski definition) is 13. The van der Waals surface area contributed by atoms with Gasteiger partial charge in [-0.05, 0) is 172 Å². The number of nitrogens with one attached hydrogen (secondary N) is 1. The van der Waals surface area contributed by atoms with Crippen LogP contribution in [0.1, 0.15) is 170 Å². The molecule has 1 aromatic rings. The number of Topliss-reactive ketones (excluding diaryl/α,β-unsaturated/α-hetero) is 2. The maximum Gasteiger partial charge on any atom is 0.303 e. The molecular formula is C54H80N4O13. The Labute approximate surface area is 418 Å². The molecule has 16 atom stereocenters. The molecule has 6 aliphatic rings. The summed E-state index contributed by atoms with van der Waals surface area (Å²) in [4.78, 5) is 81.5. The number of hydrogen-bond donors (Lipinski definition) is 5. The number of carbonyl (C=O) groups is 5. The SMILES string of the molecule is C[C@H](CCC(=O)O)[C@H]1CCC2C(CC=NNc3ccc([N+](=O)[O-])cc3[N+](=O)[O-])C([C@@]3(C)CC[C@H](O)CC3=O)CC[C@@]21C.C[C@H](CCC(=O)O)[C@H]1CCC2C(CC=O)C([C@@]3(C)CC[C@H](O)CC3=O)CC[C@@]21C. The summed E-state index contributed by atoms with van der Waals surface area (Å²) in [5.74, 6) is 1.56. The monoisotopic (exact) mass is 993 g/mol. The first-order chi connectivity index (χ1) is 33.4. The quantitative estimate of drug-likeness (QED) is 0.0396. The molecule has 0 bridgehead atoms. The van der Waals surface area contributed by atoms with Crippen molar-refractivity contribution in [2.45, 2.75) is 182 Å². The molecule has 1 aromatic carbocycles. The Kier molecular flexibility index (Phi) is 17.7. The standard InChI is InChI=1S/C30H42N4O8.C24H38O5/c1-18(4-9-28(37)38)22-6-7-23-21(12-15-31-32-25-8-5-19(33(39)40)16-26(25)34(41)42)24(11-14-29(22,23)2)30(3)13-10-20(35)17-27(30)36;1-15(4-7-22(28)29)18-5-6-19-17(10-13-25)20(9-12-23(18,19)2)24(3)11-8-16(26)14-21(24)27/h5,8,15-16,18,20-24,32,35H,4,6-7,9-14,17H2,1-3H3,(H,37,38);13,15-20,26H,4-12,14H2,1-3H3,(H,28,29)/t18-,20+,21?,22-,23?,24?,29-,30-;15-,16+,17?,18-,19?,20?,23-,24-/m11/s1. The maximum absolute atomic E-state index is 13.4. The Morgan fingerprint density at radius 1 is 0.704 bits per heavy atom. The molecular weight excluding hydrogens is 913 g/mol. The van der Waals surface area contributed by atoms with E-state index in [1.54, 1.807) is 6.21 Å². The zero-order valence-corrected chi connectivity index (χ0v) is 42.8. The van der Waals surface area contributed by atoms with Gasteiger partial charge in [-0.1, -0.05) is 41.5 Å². The van der Waals surface area contributed by atoms with Gasteiger partial charge in [0.1, 0.15) is 23.5 Å². The van der Waals surface area contributed by atoms with Crippen molar-refractivity contribution in [2.24, 2.45) is 85.9 Å². The summed E-state index contributed by atoms with van der Waals surface area (Å²) in [5.41, 5.74) is 1.03. The molecule has 0 heterocycles. The van der Waals surface area contributed by atoms with E-state index >= 15 is 0 Å². The third kappa shape index (κ3) is 11.6. The first-order valence-electron chi connectivity index (χ1n) is 26.4. The van der Waals surface area contributed by atoms with Gasteiger partial charge in [0.25, 0.3) is 5.69 Å². The van der Waals surface area contributed by atoms with Crippen LogP contribution in [0.25, 0.3) is 0 Å². The summed E-state index contributed by atoms with van der Waals surface area (Å²) in [6, 6.07) is 3.34. The molecule has 6 unspecified atom stereocenters. The molecule has 17 nitrogen and oxygen atoms in total. The van der Waals surface area contributed by atoms with Crippen molar-refractivity contribution in [3.05, 3.63) is 38.4 Å². The molecule has 0 saturated heterocycles. The Balaban J connectivity index is 0.000000249. The lowest BCUT2D eigenvalue weighted by Crippen LogP contribution is -2.51. The van der Waals surface area contributed by atoms with Gasteiger partial charge in [0.15, 0.2) is 0 Å². The molecule has 5 N–H and O–H groups in total. The van der Waals surface area contributed by atoms with E-state index in [0.717, 1.165) is 70.1 Å². The number of non-ortho nitro benzene ring substituents is 1. The number of nitro groups is 2. The number of nitrogens with zero attached hydrogens (tertiary/aromatic N) is 3. The predicted molar refractivity (Wildman–Crippen MR) is 266 cm³/mol. The first-order valence-corrected chi connectivity index (χ1v) is 26.4. The number of aliphatic hydroxyl groups is 2. The zero-order valence-electron chi connectivity index (χ0n) is 42.8. The number of fused-ring (bicyclic) bond motifs is 2. The fourth-order valence-electron chi connectivity index (χ4n) is 16.2. The summed E-state index contributed by atoms with van der Waals surface area (Å²) in [5, 5.41) is 65.3. The summed E-state index contributed by atoms with van der Waals surface area (Å²) in [6.07, 6.45) is 15.3. The van der Waals surface area contributed by atoms with Crippen LogP contribution < -0.4 is 5.43 Å². The van der Waals surface area contributed by atoms with E-state index in [2.05, 4.69) is 45.1 Å². The number of ketones is 2. The summed E-state index contributed by atoms with van der Waals surface area (Å²) < 4.78 is 0. The van der Waals surface area contributed by atoms with E-state index < -0.39 is 50.5 Å². The Morgan fingerprint density at radius 3 is 1.58 bits per heavy atom. The third-order valence-corrected chi connectivity index (χ3v) is 20.2. The highest BCUT2D eigenvalue weighted by Crippen LogP contribution is 2.66. The molecule has 7 rings (SSSR count). The number of benzene rings is 1. The number of nitro benzene ring substituents is 2. The number of hydrazone groups is 1. The molecule has 6 saturated carbocycles. The molecule has 6 aliphatic carbocycles. The van der Waals surface area contributed by atoms with Crippen molar-refractivity contribution in [3.8, 4) is 0 Å². The fourth-order valence-corrected chi connectivity index (χ4v) is 16.2. The lowest BCUT2D eigenvalue weighted by Gasteiger charge is -2.55. The highest BCUT2D eigenvalue weighted by molar-refractivity contribution is 5.86. The minimum Gasteiger partial charge on any atom is -0.481 e. The highest BCUT2D eigenvalue weighted by Gasteiger charge is 2.60. The number of carboxylic acids is 2. The largest absolute Gasteiger partial charge is 0.481 e. The number of aldehydes is 1. The van der Waals surface area contributed by atoms with Crippen molar-refractivity contribution in [1.29, 1.82) is 0 Å². The van der Waals surface area contributed by atoms with E-state index in [-0.39, 0.29) is 89.0 Å². The summed E-state index contributed by atoms with van der Waals surface area (Å²) in [7, 11) is 0. The zero-order chi connectivity index (χ0) is 52.2. The molecule has 0 spiro atoms.